The molecule has 1 aromatic heterocycles. The highest BCUT2D eigenvalue weighted by Crippen LogP contribution is 2.32. The number of nitrogens with zero attached hydrogens (tertiary/aromatic N) is 3. The number of non-ortho nitro benzene ring substituents is 1. The zero-order valence-corrected chi connectivity index (χ0v) is 14.4. The van der Waals surface area contributed by atoms with Crippen molar-refractivity contribution >= 4 is 28.9 Å². The monoisotopic (exact) mass is 367 g/mol. The van der Waals surface area contributed by atoms with Crippen molar-refractivity contribution < 1.29 is 9.72 Å². The van der Waals surface area contributed by atoms with Crippen LogP contribution in [0.3, 0.4) is 0 Å². The quantitative estimate of drug-likeness (QED) is 0.502. The lowest BCUT2D eigenvalue weighted by molar-refractivity contribution is -0.384. The number of fused-ring (bicyclic) bond motifs is 3. The molecular weight excluding hydrogens is 354 g/mol. The Morgan fingerprint density at radius 3 is 2.58 bits per heavy atom. The van der Waals surface area contributed by atoms with Crippen LogP contribution in [0.2, 0.25) is 5.02 Å². The van der Waals surface area contributed by atoms with E-state index in [1.165, 1.54) is 18.2 Å². The maximum absolute atomic E-state index is 13.2. The minimum atomic E-state index is -0.533. The van der Waals surface area contributed by atoms with Gasteiger partial charge in [0.1, 0.15) is 0 Å². The minimum Gasteiger partial charge on any atom is -0.319 e. The Balaban J connectivity index is 1.78. The van der Waals surface area contributed by atoms with Crippen LogP contribution >= 0.6 is 11.6 Å². The van der Waals surface area contributed by atoms with Crippen LogP contribution < -0.4 is 4.90 Å². The molecule has 2 aromatic carbocycles. The Bertz CT molecular complexity index is 1030. The predicted octanol–water partition coefficient (Wildman–Crippen LogP) is 4.24. The number of rotatable bonds is 2. The number of hydrogen-bond acceptors (Lipinski definition) is 3. The van der Waals surface area contributed by atoms with Gasteiger partial charge in [-0.25, -0.2) is 0 Å². The average Bonchev–Trinajstić information content (AvgIpc) is 3.04. The summed E-state index contributed by atoms with van der Waals surface area (Å²) in [5.74, 6) is -0.275. The first-order valence-electron chi connectivity index (χ1n) is 8.07. The van der Waals surface area contributed by atoms with E-state index in [9.17, 15) is 14.9 Å². The lowest BCUT2D eigenvalue weighted by Crippen LogP contribution is -2.32. The van der Waals surface area contributed by atoms with Crippen LogP contribution in [0.25, 0.3) is 5.69 Å². The number of carbonyl (C=O) groups excluding carboxylic acids is 1. The Morgan fingerprint density at radius 2 is 1.85 bits per heavy atom. The Morgan fingerprint density at radius 1 is 1.08 bits per heavy atom. The lowest BCUT2D eigenvalue weighted by atomic mass is 10.1. The fraction of sp³-hybridized carbons (Fsp3) is 0.105. The summed E-state index contributed by atoms with van der Waals surface area (Å²) in [5.41, 5.74) is 2.92. The summed E-state index contributed by atoms with van der Waals surface area (Å²) in [6, 6.07) is 15.6. The van der Waals surface area contributed by atoms with Crippen molar-refractivity contribution in [1.82, 2.24) is 4.57 Å². The number of nitro benzene ring substituents is 1. The largest absolute Gasteiger partial charge is 0.319 e. The van der Waals surface area contributed by atoms with E-state index in [1.807, 2.05) is 42.6 Å². The van der Waals surface area contributed by atoms with Crippen LogP contribution in [-0.4, -0.2) is 21.9 Å². The molecule has 1 aliphatic rings. The number of amides is 1. The van der Waals surface area contributed by atoms with Gasteiger partial charge in [-0.05, 0) is 30.3 Å². The summed E-state index contributed by atoms with van der Waals surface area (Å²) < 4.78 is 2.07. The van der Waals surface area contributed by atoms with Crippen molar-refractivity contribution in [3.8, 4) is 5.69 Å². The fourth-order valence-electron chi connectivity index (χ4n) is 3.25. The van der Waals surface area contributed by atoms with Gasteiger partial charge in [0.25, 0.3) is 11.6 Å². The number of anilines is 1. The average molecular weight is 368 g/mol. The Kier molecular flexibility index (Phi) is 3.97. The molecule has 1 aliphatic heterocycles. The zero-order valence-electron chi connectivity index (χ0n) is 13.6. The molecule has 4 rings (SSSR count). The summed E-state index contributed by atoms with van der Waals surface area (Å²) >= 11 is 6.17. The third-order valence-electron chi connectivity index (χ3n) is 4.50. The first-order chi connectivity index (χ1) is 12.6. The van der Waals surface area contributed by atoms with Gasteiger partial charge in [-0.2, -0.15) is 0 Å². The van der Waals surface area contributed by atoms with Gasteiger partial charge in [0.05, 0.1) is 26.9 Å². The van der Waals surface area contributed by atoms with Crippen LogP contribution in [-0.2, 0) is 6.42 Å². The number of nitro groups is 1. The van der Waals surface area contributed by atoms with Gasteiger partial charge in [0.15, 0.2) is 0 Å². The van der Waals surface area contributed by atoms with Crippen molar-refractivity contribution in [1.29, 1.82) is 0 Å². The van der Waals surface area contributed by atoms with Crippen LogP contribution in [0.1, 0.15) is 16.1 Å². The summed E-state index contributed by atoms with van der Waals surface area (Å²) in [5, 5.41) is 11.0. The summed E-state index contributed by atoms with van der Waals surface area (Å²) in [4.78, 5) is 25.2. The van der Waals surface area contributed by atoms with Gasteiger partial charge in [-0.3, -0.25) is 14.9 Å². The smallest absolute Gasteiger partial charge is 0.270 e. The van der Waals surface area contributed by atoms with E-state index in [2.05, 4.69) is 4.57 Å². The molecular formula is C19H14ClN3O3. The third-order valence-corrected chi connectivity index (χ3v) is 4.81. The van der Waals surface area contributed by atoms with Gasteiger partial charge in [-0.15, -0.1) is 0 Å². The van der Waals surface area contributed by atoms with Crippen molar-refractivity contribution in [2.45, 2.75) is 6.42 Å². The van der Waals surface area contributed by atoms with E-state index < -0.39 is 4.92 Å². The normalized spacial score (nSPS) is 12.9. The highest BCUT2D eigenvalue weighted by molar-refractivity contribution is 6.34. The second-order valence-corrected chi connectivity index (χ2v) is 6.39. The summed E-state index contributed by atoms with van der Waals surface area (Å²) in [6.07, 6.45) is 2.67. The Hall–Kier alpha value is -3.12. The number of benzene rings is 2. The van der Waals surface area contributed by atoms with Crippen molar-refractivity contribution in [3.63, 3.8) is 0 Å². The van der Waals surface area contributed by atoms with E-state index in [1.54, 1.807) is 4.90 Å². The molecule has 0 N–H and O–H groups in total. The topological polar surface area (TPSA) is 68.4 Å². The van der Waals surface area contributed by atoms with Gasteiger partial charge in [0, 0.05) is 37.0 Å². The number of para-hydroxylation sites is 2. The van der Waals surface area contributed by atoms with Gasteiger partial charge < -0.3 is 9.47 Å². The number of carbonyl (C=O) groups is 1. The maximum atomic E-state index is 13.2. The summed E-state index contributed by atoms with van der Waals surface area (Å²) in [6.45, 7) is 0.493. The molecule has 2 heterocycles. The van der Waals surface area contributed by atoms with Crippen LogP contribution in [0.5, 0.6) is 0 Å². The fourth-order valence-corrected chi connectivity index (χ4v) is 3.50. The number of aromatic nitrogens is 1. The summed E-state index contributed by atoms with van der Waals surface area (Å²) in [7, 11) is 0. The molecule has 0 fully saturated rings. The molecule has 0 saturated heterocycles. The molecule has 0 radical (unpaired) electrons. The van der Waals surface area contributed by atoms with Gasteiger partial charge >= 0.3 is 0 Å². The minimum absolute atomic E-state index is 0.0746. The standard InChI is InChI=1S/C19H14ClN3O3/c20-16-12-14(23(25)26)7-8-15(16)19(24)22-11-9-13-4-3-10-21(13)17-5-1-2-6-18(17)22/h1-8,10,12H,9,11H2. The van der Waals surface area contributed by atoms with Gasteiger partial charge in [0.2, 0.25) is 0 Å². The van der Waals surface area contributed by atoms with E-state index in [4.69, 9.17) is 11.6 Å². The highest BCUT2D eigenvalue weighted by Gasteiger charge is 2.26. The molecule has 130 valence electrons. The molecule has 0 bridgehead atoms. The molecule has 6 nitrogen and oxygen atoms in total. The number of halogens is 1. The van der Waals surface area contributed by atoms with Crippen molar-refractivity contribution in [2.24, 2.45) is 0 Å². The SMILES string of the molecule is O=C(c1ccc([N+](=O)[O-])cc1Cl)N1CCc2cccn2-c2ccccc21. The lowest BCUT2D eigenvalue weighted by Gasteiger charge is -2.23. The molecule has 0 unspecified atom stereocenters. The van der Waals surface area contributed by atoms with E-state index >= 15 is 0 Å². The molecule has 3 aromatic rings. The van der Waals surface area contributed by atoms with Gasteiger partial charge in [-0.1, -0.05) is 23.7 Å². The van der Waals surface area contributed by atoms with Crippen LogP contribution in [0.15, 0.2) is 60.8 Å². The molecule has 7 heteroatoms. The molecule has 0 atom stereocenters. The number of hydrogen-bond donors (Lipinski definition) is 0. The van der Waals surface area contributed by atoms with Crippen LogP contribution in [0, 0.1) is 10.1 Å². The second kappa shape index (κ2) is 6.31. The molecule has 0 saturated carbocycles. The van der Waals surface area contributed by atoms with Crippen LogP contribution in [0.4, 0.5) is 11.4 Å². The van der Waals surface area contributed by atoms with Crippen molar-refractivity contribution in [2.75, 3.05) is 11.4 Å². The Labute approximate surface area is 154 Å². The molecule has 26 heavy (non-hydrogen) atoms. The van der Waals surface area contributed by atoms with E-state index in [0.717, 1.165) is 17.1 Å². The first-order valence-corrected chi connectivity index (χ1v) is 8.45. The third kappa shape index (κ3) is 2.64. The first kappa shape index (κ1) is 16.4. The molecule has 0 spiro atoms. The van der Waals surface area contributed by atoms with Crippen molar-refractivity contribution in [3.05, 3.63) is 87.2 Å². The maximum Gasteiger partial charge on any atom is 0.270 e. The van der Waals surface area contributed by atoms with E-state index in [0.29, 0.717) is 13.0 Å². The highest BCUT2D eigenvalue weighted by atomic mass is 35.5. The van der Waals surface area contributed by atoms with E-state index in [-0.39, 0.29) is 22.2 Å². The molecule has 0 aliphatic carbocycles. The second-order valence-electron chi connectivity index (χ2n) is 5.99. The predicted molar refractivity (Wildman–Crippen MR) is 99.3 cm³/mol. The zero-order chi connectivity index (χ0) is 18.3. The molecule has 1 amide bonds.